The van der Waals surface area contributed by atoms with Crippen LogP contribution in [0.4, 0.5) is 5.69 Å². The Bertz CT molecular complexity index is 677. The molecule has 2 N–H and O–H groups in total. The predicted octanol–water partition coefficient (Wildman–Crippen LogP) is 3.61. The van der Waals surface area contributed by atoms with Crippen LogP contribution in [0.5, 0.6) is 0 Å². The molecule has 94 valence electrons. The number of nitrogens with two attached hydrogens (primary N) is 1. The molecule has 19 heavy (non-hydrogen) atoms. The van der Waals surface area contributed by atoms with E-state index < -0.39 is 0 Å². The molecule has 0 spiro atoms. The molecule has 0 fully saturated rings. The van der Waals surface area contributed by atoms with Gasteiger partial charge in [0.05, 0.1) is 5.69 Å². The molecule has 0 aliphatic heterocycles. The van der Waals surface area contributed by atoms with Crippen LogP contribution < -0.4 is 5.73 Å². The van der Waals surface area contributed by atoms with E-state index in [2.05, 4.69) is 17.2 Å². The van der Waals surface area contributed by atoms with E-state index in [1.807, 2.05) is 59.4 Å². The Hall–Kier alpha value is -2.20. The summed E-state index contributed by atoms with van der Waals surface area (Å²) >= 11 is 1.64. The summed E-state index contributed by atoms with van der Waals surface area (Å²) in [6.07, 6.45) is 1.94. The van der Waals surface area contributed by atoms with Gasteiger partial charge in [-0.1, -0.05) is 36.0 Å². The molecule has 3 aromatic rings. The lowest BCUT2D eigenvalue weighted by Gasteiger charge is -2.02. The maximum absolute atomic E-state index is 5.78. The molecule has 0 aliphatic carbocycles. The number of nitrogens with zero attached hydrogens (tertiary/aromatic N) is 2. The number of benzene rings is 2. The van der Waals surface area contributed by atoms with E-state index in [4.69, 9.17) is 5.73 Å². The fourth-order valence-electron chi connectivity index (χ4n) is 1.78. The first-order chi connectivity index (χ1) is 9.31. The summed E-state index contributed by atoms with van der Waals surface area (Å²) in [5.41, 5.74) is 7.49. The Morgan fingerprint density at radius 3 is 2.58 bits per heavy atom. The molecule has 0 aliphatic rings. The third-order valence-electron chi connectivity index (χ3n) is 2.66. The highest BCUT2D eigenvalue weighted by Gasteiger charge is 2.03. The fourth-order valence-corrected chi connectivity index (χ4v) is 2.57. The summed E-state index contributed by atoms with van der Waals surface area (Å²) in [7, 11) is 0. The van der Waals surface area contributed by atoms with Crippen molar-refractivity contribution in [3.63, 3.8) is 0 Å². The smallest absolute Gasteiger partial charge is 0.123 e. The molecule has 0 bridgehead atoms. The van der Waals surface area contributed by atoms with E-state index in [-0.39, 0.29) is 0 Å². The first kappa shape index (κ1) is 11.9. The maximum atomic E-state index is 5.78. The number of aromatic nitrogens is 2. The summed E-state index contributed by atoms with van der Waals surface area (Å²) in [5, 5.41) is 5.51. The molecule has 3 nitrogen and oxygen atoms in total. The van der Waals surface area contributed by atoms with Gasteiger partial charge in [0.15, 0.2) is 0 Å². The van der Waals surface area contributed by atoms with Crippen molar-refractivity contribution in [2.75, 3.05) is 5.73 Å². The predicted molar refractivity (Wildman–Crippen MR) is 78.5 cm³/mol. The van der Waals surface area contributed by atoms with E-state index >= 15 is 0 Å². The molecular formula is C15H13N3S. The number of nitrogen functional groups attached to an aromatic ring is 1. The van der Waals surface area contributed by atoms with Gasteiger partial charge in [0.1, 0.15) is 5.03 Å². The van der Waals surface area contributed by atoms with Gasteiger partial charge in [-0.05, 0) is 36.4 Å². The van der Waals surface area contributed by atoms with E-state index in [9.17, 15) is 0 Å². The van der Waals surface area contributed by atoms with Crippen LogP contribution in [0.1, 0.15) is 0 Å². The van der Waals surface area contributed by atoms with Gasteiger partial charge < -0.3 is 5.73 Å². The van der Waals surface area contributed by atoms with Crippen LogP contribution in [-0.4, -0.2) is 9.78 Å². The van der Waals surface area contributed by atoms with Gasteiger partial charge >= 0.3 is 0 Å². The van der Waals surface area contributed by atoms with E-state index in [1.165, 1.54) is 4.90 Å². The molecule has 0 unspecified atom stereocenters. The molecule has 2 aromatic carbocycles. The SMILES string of the molecule is Nc1cccc(-n2ccc(Sc3ccccc3)n2)c1. The molecule has 0 amide bonds. The average Bonchev–Trinajstić information content (AvgIpc) is 2.88. The van der Waals surface area contributed by atoms with Crippen LogP contribution in [0.15, 0.2) is 76.8 Å². The number of anilines is 1. The van der Waals surface area contributed by atoms with Crippen molar-refractivity contribution in [2.45, 2.75) is 9.92 Å². The standard InChI is InChI=1S/C15H13N3S/c16-12-5-4-6-13(11-12)18-10-9-15(17-18)19-14-7-2-1-3-8-14/h1-11H,16H2. The lowest BCUT2D eigenvalue weighted by atomic mass is 10.3. The van der Waals surface area contributed by atoms with Crippen molar-refractivity contribution in [1.82, 2.24) is 9.78 Å². The molecule has 1 heterocycles. The highest BCUT2D eigenvalue weighted by atomic mass is 32.2. The van der Waals surface area contributed by atoms with Gasteiger partial charge in [-0.25, -0.2) is 4.68 Å². The van der Waals surface area contributed by atoms with Crippen LogP contribution >= 0.6 is 11.8 Å². The summed E-state index contributed by atoms with van der Waals surface area (Å²) in [6, 6.07) is 19.9. The summed E-state index contributed by atoms with van der Waals surface area (Å²) < 4.78 is 1.83. The molecule has 0 atom stereocenters. The molecule has 3 rings (SSSR count). The highest BCUT2D eigenvalue weighted by molar-refractivity contribution is 7.99. The molecule has 0 radical (unpaired) electrons. The van der Waals surface area contributed by atoms with Crippen molar-refractivity contribution < 1.29 is 0 Å². The number of hydrogen-bond donors (Lipinski definition) is 1. The van der Waals surface area contributed by atoms with Crippen LogP contribution in [0.3, 0.4) is 0 Å². The number of hydrogen-bond acceptors (Lipinski definition) is 3. The third-order valence-corrected chi connectivity index (χ3v) is 3.60. The number of rotatable bonds is 3. The van der Waals surface area contributed by atoms with Gasteiger partial charge in [-0.15, -0.1) is 0 Å². The molecule has 0 saturated heterocycles. The minimum atomic E-state index is 0.741. The Labute approximate surface area is 116 Å². The quantitative estimate of drug-likeness (QED) is 0.737. The fraction of sp³-hybridized carbons (Fsp3) is 0. The topological polar surface area (TPSA) is 43.8 Å². The first-order valence-corrected chi connectivity index (χ1v) is 6.77. The first-order valence-electron chi connectivity index (χ1n) is 5.96. The minimum absolute atomic E-state index is 0.741. The van der Waals surface area contributed by atoms with Crippen LogP contribution in [-0.2, 0) is 0 Å². The van der Waals surface area contributed by atoms with Gasteiger partial charge in [0.25, 0.3) is 0 Å². The highest BCUT2D eigenvalue weighted by Crippen LogP contribution is 2.26. The van der Waals surface area contributed by atoms with Crippen molar-refractivity contribution in [2.24, 2.45) is 0 Å². The lowest BCUT2D eigenvalue weighted by Crippen LogP contribution is -1.95. The van der Waals surface area contributed by atoms with Crippen molar-refractivity contribution in [1.29, 1.82) is 0 Å². The minimum Gasteiger partial charge on any atom is -0.399 e. The zero-order valence-corrected chi connectivity index (χ0v) is 11.0. The lowest BCUT2D eigenvalue weighted by molar-refractivity contribution is 0.838. The molecule has 4 heteroatoms. The second kappa shape index (κ2) is 5.20. The van der Waals surface area contributed by atoms with E-state index in [1.54, 1.807) is 11.8 Å². The Morgan fingerprint density at radius 1 is 0.947 bits per heavy atom. The van der Waals surface area contributed by atoms with Crippen molar-refractivity contribution >= 4 is 17.4 Å². The molecule has 0 saturated carbocycles. The zero-order chi connectivity index (χ0) is 13.1. The molecular weight excluding hydrogens is 254 g/mol. The van der Waals surface area contributed by atoms with E-state index in [0.29, 0.717) is 0 Å². The summed E-state index contributed by atoms with van der Waals surface area (Å²) in [4.78, 5) is 1.18. The monoisotopic (exact) mass is 267 g/mol. The second-order valence-electron chi connectivity index (χ2n) is 4.11. The Morgan fingerprint density at radius 2 is 1.79 bits per heavy atom. The van der Waals surface area contributed by atoms with Gasteiger partial charge in [0.2, 0.25) is 0 Å². The molecule has 1 aromatic heterocycles. The zero-order valence-electron chi connectivity index (χ0n) is 10.2. The summed E-state index contributed by atoms with van der Waals surface area (Å²) in [5.74, 6) is 0. The average molecular weight is 267 g/mol. The normalized spacial score (nSPS) is 10.5. The van der Waals surface area contributed by atoms with Gasteiger partial charge in [0, 0.05) is 16.8 Å². The summed E-state index contributed by atoms with van der Waals surface area (Å²) in [6.45, 7) is 0. The Balaban J connectivity index is 1.84. The van der Waals surface area contributed by atoms with Crippen LogP contribution in [0.25, 0.3) is 5.69 Å². The van der Waals surface area contributed by atoms with Crippen molar-refractivity contribution in [3.05, 3.63) is 66.9 Å². The van der Waals surface area contributed by atoms with E-state index in [0.717, 1.165) is 16.4 Å². The Kier molecular flexibility index (Phi) is 3.25. The van der Waals surface area contributed by atoms with Gasteiger partial charge in [-0.2, -0.15) is 5.10 Å². The van der Waals surface area contributed by atoms with Gasteiger partial charge in [-0.3, -0.25) is 0 Å². The third kappa shape index (κ3) is 2.80. The maximum Gasteiger partial charge on any atom is 0.123 e. The van der Waals surface area contributed by atoms with Crippen molar-refractivity contribution in [3.8, 4) is 5.69 Å². The van der Waals surface area contributed by atoms with Crippen LogP contribution in [0, 0.1) is 0 Å². The second-order valence-corrected chi connectivity index (χ2v) is 5.20. The van der Waals surface area contributed by atoms with Crippen LogP contribution in [0.2, 0.25) is 0 Å². The largest absolute Gasteiger partial charge is 0.399 e.